The van der Waals surface area contributed by atoms with E-state index in [1.54, 1.807) is 6.92 Å². The lowest BCUT2D eigenvalue weighted by Gasteiger charge is -2.13. The summed E-state index contributed by atoms with van der Waals surface area (Å²) in [6.45, 7) is 3.77. The summed E-state index contributed by atoms with van der Waals surface area (Å²) in [7, 11) is -6.95. The maximum atomic E-state index is 12.4. The van der Waals surface area contributed by atoms with Gasteiger partial charge in [0.05, 0.1) is 15.0 Å². The smallest absolute Gasteiger partial charge is 0.181 e. The molecule has 6 heteroatoms. The average Bonchev–Trinajstić information content (AvgIpc) is 2.42. The van der Waals surface area contributed by atoms with E-state index in [1.807, 2.05) is 0 Å². The summed E-state index contributed by atoms with van der Waals surface area (Å²) in [5, 5.41) is -0.527. The van der Waals surface area contributed by atoms with E-state index in [9.17, 15) is 16.8 Å². The summed E-state index contributed by atoms with van der Waals surface area (Å²) in [5.41, 5.74) is 0. The molecule has 0 amide bonds. The fourth-order valence-electron chi connectivity index (χ4n) is 2.05. The van der Waals surface area contributed by atoms with Crippen molar-refractivity contribution in [1.29, 1.82) is 0 Å². The van der Waals surface area contributed by atoms with Crippen LogP contribution in [0.4, 0.5) is 0 Å². The second-order valence-electron chi connectivity index (χ2n) is 5.37. The number of benzene rings is 1. The van der Waals surface area contributed by atoms with Gasteiger partial charge in [-0.3, -0.25) is 0 Å². The molecule has 0 fully saturated rings. The third-order valence-electron chi connectivity index (χ3n) is 3.48. The highest BCUT2D eigenvalue weighted by molar-refractivity contribution is 7.92. The lowest BCUT2D eigenvalue weighted by molar-refractivity contribution is 0.562. The Balaban J connectivity index is 2.92. The number of unbranched alkanes of at least 4 members (excludes halogenated alkanes) is 3. The quantitative estimate of drug-likeness (QED) is 0.687. The first-order valence-corrected chi connectivity index (χ1v) is 10.6. The van der Waals surface area contributed by atoms with Gasteiger partial charge in [0.2, 0.25) is 0 Å². The van der Waals surface area contributed by atoms with Crippen LogP contribution in [0.1, 0.15) is 46.0 Å². The third kappa shape index (κ3) is 5.11. The molecule has 1 radical (unpaired) electrons. The zero-order valence-electron chi connectivity index (χ0n) is 12.8. The van der Waals surface area contributed by atoms with Crippen molar-refractivity contribution in [1.82, 2.24) is 0 Å². The average molecular weight is 331 g/mol. The first kappa shape index (κ1) is 18.2. The Bertz CT molecular complexity index is 661. The molecule has 21 heavy (non-hydrogen) atoms. The molecule has 0 spiro atoms. The first-order valence-electron chi connectivity index (χ1n) is 7.15. The molecule has 0 saturated heterocycles. The van der Waals surface area contributed by atoms with E-state index < -0.39 is 24.9 Å². The van der Waals surface area contributed by atoms with Gasteiger partial charge in [0.25, 0.3) is 0 Å². The Labute approximate surface area is 128 Å². The van der Waals surface area contributed by atoms with Gasteiger partial charge in [-0.15, -0.1) is 0 Å². The van der Waals surface area contributed by atoms with Gasteiger partial charge in [-0.05, 0) is 25.5 Å². The molecule has 0 heterocycles. The van der Waals surface area contributed by atoms with Crippen molar-refractivity contribution in [3.63, 3.8) is 0 Å². The highest BCUT2D eigenvalue weighted by atomic mass is 32.2. The highest BCUT2D eigenvalue weighted by Crippen LogP contribution is 2.22. The maximum Gasteiger partial charge on any atom is 0.181 e. The van der Waals surface area contributed by atoms with Crippen LogP contribution in [0.15, 0.2) is 28.0 Å². The second kappa shape index (κ2) is 7.40. The Hall–Kier alpha value is -0.880. The molecule has 1 aromatic rings. The van der Waals surface area contributed by atoms with Crippen LogP contribution < -0.4 is 0 Å². The minimum Gasteiger partial charge on any atom is -0.224 e. The molecule has 0 bridgehead atoms. The van der Waals surface area contributed by atoms with Crippen LogP contribution >= 0.6 is 0 Å². The van der Waals surface area contributed by atoms with E-state index in [1.165, 1.54) is 18.2 Å². The zero-order chi connectivity index (χ0) is 16.1. The van der Waals surface area contributed by atoms with Crippen molar-refractivity contribution >= 4 is 19.7 Å². The number of rotatable bonds is 8. The third-order valence-corrected chi connectivity index (χ3v) is 6.73. The zero-order valence-corrected chi connectivity index (χ0v) is 14.4. The minimum atomic E-state index is -3.53. The van der Waals surface area contributed by atoms with E-state index in [2.05, 4.69) is 13.0 Å². The monoisotopic (exact) mass is 331 g/mol. The van der Waals surface area contributed by atoms with Crippen molar-refractivity contribution in [2.24, 2.45) is 0 Å². The number of hydrogen-bond acceptors (Lipinski definition) is 4. The van der Waals surface area contributed by atoms with Crippen LogP contribution in [0.5, 0.6) is 0 Å². The van der Waals surface area contributed by atoms with Crippen LogP contribution in [0.2, 0.25) is 0 Å². The predicted molar refractivity (Wildman–Crippen MR) is 83.8 cm³/mol. The Kier molecular flexibility index (Phi) is 6.41. The highest BCUT2D eigenvalue weighted by Gasteiger charge is 2.24. The van der Waals surface area contributed by atoms with E-state index in [4.69, 9.17) is 0 Å². The van der Waals surface area contributed by atoms with Gasteiger partial charge in [0.1, 0.15) is 0 Å². The van der Waals surface area contributed by atoms with Crippen LogP contribution in [-0.2, 0) is 19.7 Å². The first-order chi connectivity index (χ1) is 9.69. The molecule has 1 atom stereocenters. The van der Waals surface area contributed by atoms with Gasteiger partial charge < -0.3 is 0 Å². The summed E-state index contributed by atoms with van der Waals surface area (Å²) >= 11 is 0. The Morgan fingerprint density at radius 3 is 2.38 bits per heavy atom. The van der Waals surface area contributed by atoms with Gasteiger partial charge in [0.15, 0.2) is 19.7 Å². The van der Waals surface area contributed by atoms with Crippen LogP contribution in [0.25, 0.3) is 0 Å². The molecule has 1 aromatic carbocycles. The molecule has 1 rings (SSSR count). The van der Waals surface area contributed by atoms with E-state index >= 15 is 0 Å². The van der Waals surface area contributed by atoms with Gasteiger partial charge in [-0.2, -0.15) is 0 Å². The number of hydrogen-bond donors (Lipinski definition) is 0. The summed E-state index contributed by atoms with van der Waals surface area (Å²) in [4.78, 5) is -0.0218. The van der Waals surface area contributed by atoms with Gasteiger partial charge >= 0.3 is 0 Å². The summed E-state index contributed by atoms with van der Waals surface area (Å²) in [5.74, 6) is 0. The van der Waals surface area contributed by atoms with Gasteiger partial charge in [0, 0.05) is 12.3 Å². The number of sulfone groups is 2. The maximum absolute atomic E-state index is 12.4. The van der Waals surface area contributed by atoms with Gasteiger partial charge in [-0.25, -0.2) is 16.8 Å². The molecular formula is C15H23O4S2. The summed E-state index contributed by atoms with van der Waals surface area (Å²) in [6.07, 6.45) is 5.73. The second-order valence-corrected chi connectivity index (χ2v) is 9.72. The molecule has 119 valence electrons. The molecule has 1 unspecified atom stereocenters. The fourth-order valence-corrected chi connectivity index (χ4v) is 4.21. The van der Waals surface area contributed by atoms with E-state index in [-0.39, 0.29) is 9.79 Å². The molecule has 0 N–H and O–H groups in total. The van der Waals surface area contributed by atoms with E-state index in [0.29, 0.717) is 6.42 Å². The Morgan fingerprint density at radius 2 is 1.81 bits per heavy atom. The molecular weight excluding hydrogens is 308 g/mol. The molecule has 0 aromatic heterocycles. The lowest BCUT2D eigenvalue weighted by Crippen LogP contribution is -2.18. The Morgan fingerprint density at radius 1 is 1.14 bits per heavy atom. The summed E-state index contributed by atoms with van der Waals surface area (Å²) < 4.78 is 47.9. The van der Waals surface area contributed by atoms with Crippen LogP contribution in [0.3, 0.4) is 0 Å². The van der Waals surface area contributed by atoms with Crippen molar-refractivity contribution in [2.75, 3.05) is 6.26 Å². The largest absolute Gasteiger partial charge is 0.224 e. The summed E-state index contributed by atoms with van der Waals surface area (Å²) in [6, 6.07) is 6.57. The molecule has 4 nitrogen and oxygen atoms in total. The van der Waals surface area contributed by atoms with Crippen molar-refractivity contribution < 1.29 is 16.8 Å². The normalized spacial score (nSPS) is 14.0. The standard InChI is InChI=1S/C15H23O4S2/c1-4-5-6-7-9-13(2)21(18,19)15-11-8-10-14(12-15)20(3,16)17/h8,10,12-13H,4-7,9H2,1-3H3. The van der Waals surface area contributed by atoms with Crippen LogP contribution in [-0.4, -0.2) is 28.3 Å². The molecule has 0 aliphatic heterocycles. The molecule has 0 aliphatic rings. The fraction of sp³-hybridized carbons (Fsp3) is 0.600. The van der Waals surface area contributed by atoms with Gasteiger partial charge in [-0.1, -0.05) is 38.7 Å². The topological polar surface area (TPSA) is 68.3 Å². The van der Waals surface area contributed by atoms with Crippen molar-refractivity contribution in [2.45, 2.75) is 61.0 Å². The van der Waals surface area contributed by atoms with Crippen molar-refractivity contribution in [3.8, 4) is 0 Å². The van der Waals surface area contributed by atoms with Crippen LogP contribution in [0, 0.1) is 6.07 Å². The SMILES string of the molecule is CCCCCCC(C)S(=O)(=O)c1[c]ccc(S(C)(=O)=O)c1. The minimum absolute atomic E-state index is 0.0120. The van der Waals surface area contributed by atoms with E-state index in [0.717, 1.165) is 31.9 Å². The predicted octanol–water partition coefficient (Wildman–Crippen LogP) is 3.02. The molecule has 0 saturated carbocycles. The lowest BCUT2D eigenvalue weighted by atomic mass is 10.1. The van der Waals surface area contributed by atoms with Crippen molar-refractivity contribution in [3.05, 3.63) is 24.3 Å². The molecule has 0 aliphatic carbocycles.